The molecule has 0 spiro atoms. The van der Waals surface area contributed by atoms with E-state index >= 15 is 0 Å². The largest absolute Gasteiger partial charge is 0.351 e. The molecule has 0 atom stereocenters. The Balaban J connectivity index is 1.73. The number of rotatable bonds is 9. The molecule has 1 N–H and O–H groups in total. The second-order valence-electron chi connectivity index (χ2n) is 6.69. The van der Waals surface area contributed by atoms with Crippen LogP contribution in [0.4, 0.5) is 0 Å². The van der Waals surface area contributed by atoms with E-state index in [2.05, 4.69) is 45.8 Å². The van der Waals surface area contributed by atoms with Gasteiger partial charge in [-0.15, -0.1) is 6.58 Å². The molecule has 2 rings (SSSR count). The first-order chi connectivity index (χ1) is 11.7. The van der Waals surface area contributed by atoms with Crippen molar-refractivity contribution in [1.82, 2.24) is 20.0 Å². The van der Waals surface area contributed by atoms with E-state index in [1.165, 1.54) is 44.9 Å². The Morgan fingerprint density at radius 3 is 2.92 bits per heavy atom. The van der Waals surface area contributed by atoms with Crippen LogP contribution in [-0.4, -0.2) is 41.3 Å². The minimum Gasteiger partial charge on any atom is -0.351 e. The van der Waals surface area contributed by atoms with E-state index in [4.69, 9.17) is 5.10 Å². The summed E-state index contributed by atoms with van der Waals surface area (Å²) >= 11 is 0. The van der Waals surface area contributed by atoms with Crippen molar-refractivity contribution in [3.05, 3.63) is 30.6 Å². The van der Waals surface area contributed by atoms with Crippen LogP contribution in [0, 0.1) is 0 Å². The van der Waals surface area contributed by atoms with Gasteiger partial charge in [0, 0.05) is 26.8 Å². The zero-order valence-corrected chi connectivity index (χ0v) is 15.4. The van der Waals surface area contributed by atoms with Crippen LogP contribution >= 0.6 is 0 Å². The van der Waals surface area contributed by atoms with E-state index in [-0.39, 0.29) is 0 Å². The predicted molar refractivity (Wildman–Crippen MR) is 101 cm³/mol. The van der Waals surface area contributed by atoms with Crippen molar-refractivity contribution < 1.29 is 0 Å². The quantitative estimate of drug-likeness (QED) is 0.324. The van der Waals surface area contributed by atoms with Crippen molar-refractivity contribution in [3.63, 3.8) is 0 Å². The summed E-state index contributed by atoms with van der Waals surface area (Å²) in [5, 5.41) is 8.15. The molecule has 0 aliphatic heterocycles. The molecule has 134 valence electrons. The van der Waals surface area contributed by atoms with E-state index < -0.39 is 0 Å². The van der Waals surface area contributed by atoms with Gasteiger partial charge in [0.15, 0.2) is 5.96 Å². The number of guanidine groups is 1. The molecule has 0 amide bonds. The summed E-state index contributed by atoms with van der Waals surface area (Å²) in [6.45, 7) is 5.52. The van der Waals surface area contributed by atoms with Gasteiger partial charge < -0.3 is 10.2 Å². The molecule has 0 unspecified atom stereocenters. The van der Waals surface area contributed by atoms with Crippen LogP contribution < -0.4 is 5.32 Å². The SMILES string of the molecule is C=CCCCCCN(C)C(=NC)NCc1ccn(C2CCCC2)n1. The summed E-state index contributed by atoms with van der Waals surface area (Å²) in [6.07, 6.45) is 14.1. The summed E-state index contributed by atoms with van der Waals surface area (Å²) in [4.78, 5) is 6.58. The van der Waals surface area contributed by atoms with Crippen LogP contribution in [0.3, 0.4) is 0 Å². The Bertz CT molecular complexity index is 514. The first kappa shape index (κ1) is 18.6. The summed E-state index contributed by atoms with van der Waals surface area (Å²) < 4.78 is 2.15. The second kappa shape index (κ2) is 10.2. The molecule has 1 aliphatic carbocycles. The van der Waals surface area contributed by atoms with Crippen LogP contribution in [0.25, 0.3) is 0 Å². The highest BCUT2D eigenvalue weighted by atomic mass is 15.3. The highest BCUT2D eigenvalue weighted by Crippen LogP contribution is 2.28. The van der Waals surface area contributed by atoms with Gasteiger partial charge in [-0.25, -0.2) is 0 Å². The van der Waals surface area contributed by atoms with Crippen molar-refractivity contribution in [1.29, 1.82) is 0 Å². The Hall–Kier alpha value is -1.78. The number of hydrogen-bond acceptors (Lipinski definition) is 2. The van der Waals surface area contributed by atoms with Crippen molar-refractivity contribution in [2.24, 2.45) is 4.99 Å². The van der Waals surface area contributed by atoms with Crippen molar-refractivity contribution in [2.45, 2.75) is 64.0 Å². The number of allylic oxidation sites excluding steroid dienone is 1. The predicted octanol–water partition coefficient (Wildman–Crippen LogP) is 3.75. The summed E-state index contributed by atoms with van der Waals surface area (Å²) in [5.74, 6) is 0.939. The topological polar surface area (TPSA) is 45.5 Å². The van der Waals surface area contributed by atoms with E-state index in [0.29, 0.717) is 6.04 Å². The molecule has 1 saturated carbocycles. The Morgan fingerprint density at radius 2 is 2.21 bits per heavy atom. The minimum absolute atomic E-state index is 0.608. The first-order valence-corrected chi connectivity index (χ1v) is 9.31. The molecular weight excluding hydrogens is 298 g/mol. The van der Waals surface area contributed by atoms with Gasteiger partial charge in [0.2, 0.25) is 0 Å². The highest BCUT2D eigenvalue weighted by molar-refractivity contribution is 5.79. The molecule has 0 aromatic carbocycles. The Kier molecular flexibility index (Phi) is 7.86. The van der Waals surface area contributed by atoms with Crippen LogP contribution in [-0.2, 0) is 6.54 Å². The van der Waals surface area contributed by atoms with Crippen molar-refractivity contribution >= 4 is 5.96 Å². The molecule has 5 heteroatoms. The van der Waals surface area contributed by atoms with Crippen molar-refractivity contribution in [3.8, 4) is 0 Å². The smallest absolute Gasteiger partial charge is 0.193 e. The number of aromatic nitrogens is 2. The fraction of sp³-hybridized carbons (Fsp3) is 0.684. The van der Waals surface area contributed by atoms with Gasteiger partial charge in [0.05, 0.1) is 18.3 Å². The zero-order chi connectivity index (χ0) is 17.2. The number of aliphatic imine (C=N–C) groups is 1. The lowest BCUT2D eigenvalue weighted by Gasteiger charge is -2.21. The fourth-order valence-electron chi connectivity index (χ4n) is 3.32. The van der Waals surface area contributed by atoms with Gasteiger partial charge >= 0.3 is 0 Å². The van der Waals surface area contributed by atoms with E-state index in [1.54, 1.807) is 0 Å². The molecule has 1 fully saturated rings. The molecule has 1 aromatic rings. The lowest BCUT2D eigenvalue weighted by Crippen LogP contribution is -2.39. The summed E-state index contributed by atoms with van der Waals surface area (Å²) in [6, 6.07) is 2.73. The lowest BCUT2D eigenvalue weighted by atomic mass is 10.2. The molecule has 1 heterocycles. The number of hydrogen-bond donors (Lipinski definition) is 1. The fourth-order valence-corrected chi connectivity index (χ4v) is 3.32. The van der Waals surface area contributed by atoms with E-state index in [0.717, 1.165) is 31.2 Å². The number of nitrogens with one attached hydrogen (secondary N) is 1. The zero-order valence-electron chi connectivity index (χ0n) is 15.4. The molecule has 0 radical (unpaired) electrons. The third kappa shape index (κ3) is 5.69. The molecule has 1 aromatic heterocycles. The Labute approximate surface area is 146 Å². The third-order valence-electron chi connectivity index (χ3n) is 4.77. The molecule has 24 heavy (non-hydrogen) atoms. The molecule has 5 nitrogen and oxygen atoms in total. The second-order valence-corrected chi connectivity index (χ2v) is 6.69. The maximum absolute atomic E-state index is 4.72. The van der Waals surface area contributed by atoms with Crippen molar-refractivity contribution in [2.75, 3.05) is 20.6 Å². The lowest BCUT2D eigenvalue weighted by molar-refractivity contribution is 0.450. The maximum Gasteiger partial charge on any atom is 0.193 e. The van der Waals surface area contributed by atoms with Crippen LogP contribution in [0.2, 0.25) is 0 Å². The van der Waals surface area contributed by atoms with Crippen LogP contribution in [0.15, 0.2) is 29.9 Å². The van der Waals surface area contributed by atoms with Crippen LogP contribution in [0.5, 0.6) is 0 Å². The first-order valence-electron chi connectivity index (χ1n) is 9.31. The van der Waals surface area contributed by atoms with Gasteiger partial charge in [-0.3, -0.25) is 9.67 Å². The monoisotopic (exact) mass is 331 g/mol. The maximum atomic E-state index is 4.72. The highest BCUT2D eigenvalue weighted by Gasteiger charge is 2.17. The minimum atomic E-state index is 0.608. The standard InChI is InChI=1S/C19H33N5/c1-4-5-6-7-10-14-23(3)19(20-2)21-16-17-13-15-24(22-17)18-11-8-9-12-18/h4,13,15,18H,1,5-12,14,16H2,2-3H3,(H,20,21). The average Bonchev–Trinajstić information content (AvgIpc) is 3.26. The molecule has 1 aliphatic rings. The van der Waals surface area contributed by atoms with Gasteiger partial charge in [-0.2, -0.15) is 5.10 Å². The molecule has 0 saturated heterocycles. The van der Waals surface area contributed by atoms with E-state index in [9.17, 15) is 0 Å². The van der Waals surface area contributed by atoms with Gasteiger partial charge in [-0.05, 0) is 38.2 Å². The summed E-state index contributed by atoms with van der Waals surface area (Å²) in [7, 11) is 3.94. The average molecular weight is 332 g/mol. The normalized spacial score (nSPS) is 15.7. The summed E-state index contributed by atoms with van der Waals surface area (Å²) in [5.41, 5.74) is 1.09. The van der Waals surface area contributed by atoms with Gasteiger partial charge in [0.1, 0.15) is 0 Å². The van der Waals surface area contributed by atoms with Crippen LogP contribution in [0.1, 0.15) is 63.1 Å². The third-order valence-corrected chi connectivity index (χ3v) is 4.77. The number of nitrogens with zero attached hydrogens (tertiary/aromatic N) is 4. The van der Waals surface area contributed by atoms with Gasteiger partial charge in [0.25, 0.3) is 0 Å². The Morgan fingerprint density at radius 1 is 1.42 bits per heavy atom. The van der Waals surface area contributed by atoms with Gasteiger partial charge in [-0.1, -0.05) is 25.3 Å². The number of unbranched alkanes of at least 4 members (excludes halogenated alkanes) is 3. The molecule has 0 bridgehead atoms. The van der Waals surface area contributed by atoms with E-state index in [1.807, 2.05) is 13.1 Å². The molecular formula is C19H33N5.